The molecule has 1 aromatic heterocycles. The van der Waals surface area contributed by atoms with E-state index in [1.165, 1.54) is 18.5 Å². The second kappa shape index (κ2) is 10.7. The molecule has 0 radical (unpaired) electrons. The number of alkyl halides is 1. The van der Waals surface area contributed by atoms with Crippen LogP contribution in [0.3, 0.4) is 0 Å². The van der Waals surface area contributed by atoms with Crippen molar-refractivity contribution in [2.24, 2.45) is 5.84 Å². The molecule has 2 N–H and O–H groups in total. The van der Waals surface area contributed by atoms with Crippen LogP contribution < -0.4 is 15.6 Å². The Kier molecular flexibility index (Phi) is 7.45. The molecule has 0 fully saturated rings. The van der Waals surface area contributed by atoms with E-state index < -0.39 is 12.6 Å². The summed E-state index contributed by atoms with van der Waals surface area (Å²) in [6, 6.07) is 18.7. The molecular weight excluding hydrogens is 387 g/mol. The summed E-state index contributed by atoms with van der Waals surface area (Å²) in [6.07, 6.45) is 3.76. The maximum absolute atomic E-state index is 12.6. The molecule has 0 spiro atoms. The molecule has 3 rings (SSSR count). The average Bonchev–Trinajstić information content (AvgIpc) is 2.80. The average molecular weight is 408 g/mol. The van der Waals surface area contributed by atoms with Crippen molar-refractivity contribution in [2.45, 2.75) is 13.2 Å². The number of carbonyl (C=O) groups excluding carboxylic acids is 1. The van der Waals surface area contributed by atoms with E-state index >= 15 is 0 Å². The highest BCUT2D eigenvalue weighted by molar-refractivity contribution is 5.91. The molecular formula is C22H21FN4O3. The zero-order valence-corrected chi connectivity index (χ0v) is 16.1. The van der Waals surface area contributed by atoms with Crippen LogP contribution in [-0.2, 0) is 18.0 Å². The topological polar surface area (TPSA) is 90.6 Å². The number of anilines is 1. The molecule has 0 saturated carbocycles. The highest BCUT2D eigenvalue weighted by atomic mass is 19.1. The normalized spacial score (nSPS) is 10.7. The van der Waals surface area contributed by atoms with Crippen LogP contribution in [0.5, 0.6) is 5.88 Å². The van der Waals surface area contributed by atoms with Gasteiger partial charge >= 0.3 is 5.97 Å². The minimum absolute atomic E-state index is 0.0195. The van der Waals surface area contributed by atoms with Crippen LogP contribution in [-0.4, -0.2) is 22.6 Å². The van der Waals surface area contributed by atoms with Crippen LogP contribution in [0.15, 0.2) is 79.1 Å². The lowest BCUT2D eigenvalue weighted by atomic mass is 10.2. The molecule has 8 heteroatoms. The first-order valence-electron chi connectivity index (χ1n) is 9.18. The number of aromatic nitrogens is 2. The Hall–Kier alpha value is -3.78. The number of hydrazine groups is 1. The van der Waals surface area contributed by atoms with E-state index in [1.807, 2.05) is 60.7 Å². The van der Waals surface area contributed by atoms with Gasteiger partial charge in [0.25, 0.3) is 0 Å². The van der Waals surface area contributed by atoms with Crippen LogP contribution in [0.25, 0.3) is 0 Å². The number of rotatable bonds is 9. The first-order valence-corrected chi connectivity index (χ1v) is 9.18. The van der Waals surface area contributed by atoms with Crippen molar-refractivity contribution in [3.05, 3.63) is 95.8 Å². The van der Waals surface area contributed by atoms with Crippen LogP contribution in [0.4, 0.5) is 10.3 Å². The summed E-state index contributed by atoms with van der Waals surface area (Å²) < 4.78 is 23.5. The van der Waals surface area contributed by atoms with Gasteiger partial charge in [-0.15, -0.1) is 0 Å². The third-order valence-electron chi connectivity index (χ3n) is 3.98. The Labute approximate surface area is 173 Å². The highest BCUT2D eigenvalue weighted by Gasteiger charge is 2.19. The minimum Gasteiger partial charge on any atom is -0.472 e. The molecule has 0 bridgehead atoms. The lowest BCUT2D eigenvalue weighted by Crippen LogP contribution is -2.27. The summed E-state index contributed by atoms with van der Waals surface area (Å²) >= 11 is 0. The Morgan fingerprint density at radius 1 is 1.03 bits per heavy atom. The fourth-order valence-electron chi connectivity index (χ4n) is 2.48. The number of nitrogens with two attached hydrogens (primary N) is 1. The van der Waals surface area contributed by atoms with Gasteiger partial charge in [0.2, 0.25) is 11.8 Å². The van der Waals surface area contributed by atoms with Gasteiger partial charge in [0, 0.05) is 6.20 Å². The molecule has 0 aliphatic rings. The smallest absolute Gasteiger partial charge is 0.345 e. The molecule has 0 aliphatic carbocycles. The molecule has 0 saturated heterocycles. The maximum Gasteiger partial charge on any atom is 0.345 e. The third kappa shape index (κ3) is 5.86. The first-order chi connectivity index (χ1) is 14.7. The van der Waals surface area contributed by atoms with Gasteiger partial charge in [0.1, 0.15) is 25.5 Å². The van der Waals surface area contributed by atoms with Crippen molar-refractivity contribution >= 4 is 11.9 Å². The molecule has 0 atom stereocenters. The summed E-state index contributed by atoms with van der Waals surface area (Å²) in [4.78, 5) is 20.9. The van der Waals surface area contributed by atoms with Crippen molar-refractivity contribution in [3.63, 3.8) is 0 Å². The minimum atomic E-state index is -0.686. The summed E-state index contributed by atoms with van der Waals surface area (Å²) in [7, 11) is 0. The lowest BCUT2D eigenvalue weighted by Gasteiger charge is -2.15. The van der Waals surface area contributed by atoms with Gasteiger partial charge < -0.3 is 9.47 Å². The van der Waals surface area contributed by atoms with Gasteiger partial charge in [0.15, 0.2) is 0 Å². The van der Waals surface area contributed by atoms with E-state index in [0.717, 1.165) is 16.1 Å². The standard InChI is InChI=1S/C22H21FN4O3/c23-12-7-13-27(24)22-25-14-19(21(28)30-16-18-10-5-2-6-11-18)20(26-22)29-15-17-8-3-1-4-9-17/h1-11,13-14H,12,15-16,24H2. The number of allylic oxidation sites excluding steroid dienone is 1. The number of esters is 1. The van der Waals surface area contributed by atoms with Crippen LogP contribution >= 0.6 is 0 Å². The van der Waals surface area contributed by atoms with Gasteiger partial charge in [-0.1, -0.05) is 60.7 Å². The molecule has 2 aromatic carbocycles. The quantitative estimate of drug-likeness (QED) is 0.329. The molecule has 0 unspecified atom stereocenters. The number of nitrogens with zero attached hydrogens (tertiary/aromatic N) is 3. The SMILES string of the molecule is NN(C=CCF)c1ncc(C(=O)OCc2ccccc2)c(OCc2ccccc2)n1. The van der Waals surface area contributed by atoms with Gasteiger partial charge in [-0.3, -0.25) is 5.01 Å². The predicted molar refractivity (Wildman–Crippen MR) is 110 cm³/mol. The molecule has 0 aliphatic heterocycles. The van der Waals surface area contributed by atoms with E-state index in [1.54, 1.807) is 0 Å². The van der Waals surface area contributed by atoms with Crippen molar-refractivity contribution in [1.82, 2.24) is 9.97 Å². The largest absolute Gasteiger partial charge is 0.472 e. The molecule has 30 heavy (non-hydrogen) atoms. The highest BCUT2D eigenvalue weighted by Crippen LogP contribution is 2.21. The lowest BCUT2D eigenvalue weighted by molar-refractivity contribution is 0.0466. The van der Waals surface area contributed by atoms with E-state index in [2.05, 4.69) is 9.97 Å². The summed E-state index contributed by atoms with van der Waals surface area (Å²) in [5.41, 5.74) is 1.80. The number of hydrogen-bond donors (Lipinski definition) is 1. The van der Waals surface area contributed by atoms with Gasteiger partial charge in [0.05, 0.1) is 6.20 Å². The molecule has 3 aromatic rings. The van der Waals surface area contributed by atoms with E-state index in [9.17, 15) is 9.18 Å². The Balaban J connectivity index is 1.80. The van der Waals surface area contributed by atoms with E-state index in [-0.39, 0.29) is 30.6 Å². The number of ether oxygens (including phenoxy) is 2. The fourth-order valence-corrected chi connectivity index (χ4v) is 2.48. The number of benzene rings is 2. The van der Waals surface area contributed by atoms with Gasteiger partial charge in [-0.2, -0.15) is 4.98 Å². The molecule has 7 nitrogen and oxygen atoms in total. The van der Waals surface area contributed by atoms with Crippen LogP contribution in [0.2, 0.25) is 0 Å². The second-order valence-electron chi connectivity index (χ2n) is 6.17. The summed E-state index contributed by atoms with van der Waals surface area (Å²) in [6.45, 7) is -0.405. The number of hydrogen-bond acceptors (Lipinski definition) is 7. The van der Waals surface area contributed by atoms with Crippen molar-refractivity contribution < 1.29 is 18.7 Å². The van der Waals surface area contributed by atoms with Crippen LogP contribution in [0, 0.1) is 0 Å². The van der Waals surface area contributed by atoms with E-state index in [4.69, 9.17) is 15.3 Å². The van der Waals surface area contributed by atoms with Crippen LogP contribution in [0.1, 0.15) is 21.5 Å². The number of carbonyl (C=O) groups is 1. The zero-order valence-electron chi connectivity index (χ0n) is 16.1. The third-order valence-corrected chi connectivity index (χ3v) is 3.98. The molecule has 1 heterocycles. The maximum atomic E-state index is 12.6. The fraction of sp³-hybridized carbons (Fsp3) is 0.136. The molecule has 154 valence electrons. The Morgan fingerprint density at radius 2 is 1.67 bits per heavy atom. The van der Waals surface area contributed by atoms with Crippen molar-refractivity contribution in [1.29, 1.82) is 0 Å². The van der Waals surface area contributed by atoms with Gasteiger partial charge in [-0.25, -0.2) is 20.0 Å². The zero-order chi connectivity index (χ0) is 21.2. The summed E-state index contributed by atoms with van der Waals surface area (Å²) in [5, 5.41) is 1.04. The first kappa shape index (κ1) is 20.9. The van der Waals surface area contributed by atoms with Crippen molar-refractivity contribution in [2.75, 3.05) is 11.7 Å². The van der Waals surface area contributed by atoms with Crippen molar-refractivity contribution in [3.8, 4) is 5.88 Å². The van der Waals surface area contributed by atoms with Gasteiger partial charge in [-0.05, 0) is 17.2 Å². The Bertz CT molecular complexity index is 984. The Morgan fingerprint density at radius 3 is 2.30 bits per heavy atom. The molecule has 0 amide bonds. The second-order valence-corrected chi connectivity index (χ2v) is 6.17. The summed E-state index contributed by atoms with van der Waals surface area (Å²) in [5.74, 6) is 5.24. The number of halogens is 1. The monoisotopic (exact) mass is 408 g/mol. The predicted octanol–water partition coefficient (Wildman–Crippen LogP) is 3.58. The van der Waals surface area contributed by atoms with E-state index in [0.29, 0.717) is 0 Å².